The van der Waals surface area contributed by atoms with E-state index >= 15 is 0 Å². The van der Waals surface area contributed by atoms with Gasteiger partial charge in [-0.1, -0.05) is 12.1 Å². The summed E-state index contributed by atoms with van der Waals surface area (Å²) in [5.74, 6) is -1.79. The predicted octanol–water partition coefficient (Wildman–Crippen LogP) is 4.00. The Labute approximate surface area is 128 Å². The summed E-state index contributed by atoms with van der Waals surface area (Å²) >= 11 is 2.99. The van der Waals surface area contributed by atoms with Gasteiger partial charge in [0.1, 0.15) is 11.6 Å². The molecule has 0 heterocycles. The van der Waals surface area contributed by atoms with E-state index in [2.05, 4.69) is 15.9 Å². The van der Waals surface area contributed by atoms with Gasteiger partial charge in [-0.3, -0.25) is 4.79 Å². The first-order valence-corrected chi connectivity index (χ1v) is 6.75. The van der Waals surface area contributed by atoms with Crippen molar-refractivity contribution < 1.29 is 23.0 Å². The number of carbonyl (C=O) groups is 1. The highest BCUT2D eigenvalue weighted by atomic mass is 79.9. The minimum Gasteiger partial charge on any atom is -0.496 e. The zero-order valence-electron chi connectivity index (χ0n) is 11.0. The normalized spacial score (nSPS) is 10.3. The fraction of sp³-hybridized carbons (Fsp3) is 0.133. The average molecular weight is 357 g/mol. The summed E-state index contributed by atoms with van der Waals surface area (Å²) in [6, 6.07) is 8.39. The van der Waals surface area contributed by atoms with E-state index in [-0.39, 0.29) is 22.6 Å². The van der Waals surface area contributed by atoms with Crippen molar-refractivity contribution in [3.8, 4) is 11.5 Å². The SMILES string of the molecule is COc1ccccc1C(=O)COc1c(F)cc(F)cc1Br. The van der Waals surface area contributed by atoms with Crippen molar-refractivity contribution in [3.63, 3.8) is 0 Å². The Morgan fingerprint density at radius 2 is 1.95 bits per heavy atom. The molecule has 0 N–H and O–H groups in total. The zero-order valence-corrected chi connectivity index (χ0v) is 12.6. The van der Waals surface area contributed by atoms with E-state index in [9.17, 15) is 13.6 Å². The molecule has 2 aromatic rings. The lowest BCUT2D eigenvalue weighted by Gasteiger charge is -2.10. The van der Waals surface area contributed by atoms with Crippen molar-refractivity contribution in [3.05, 3.63) is 58.1 Å². The molecule has 0 aliphatic carbocycles. The third-order valence-corrected chi connectivity index (χ3v) is 3.31. The van der Waals surface area contributed by atoms with E-state index in [1.165, 1.54) is 7.11 Å². The number of methoxy groups -OCH3 is 1. The van der Waals surface area contributed by atoms with E-state index in [0.717, 1.165) is 6.07 Å². The number of ketones is 1. The van der Waals surface area contributed by atoms with Crippen LogP contribution in [0.1, 0.15) is 10.4 Å². The second-order valence-corrected chi connectivity index (χ2v) is 4.97. The summed E-state index contributed by atoms with van der Waals surface area (Å²) in [5.41, 5.74) is 0.332. The second kappa shape index (κ2) is 6.67. The number of carbonyl (C=O) groups excluding carboxylic acids is 1. The number of hydrogen-bond acceptors (Lipinski definition) is 3. The quantitative estimate of drug-likeness (QED) is 0.759. The highest BCUT2D eigenvalue weighted by molar-refractivity contribution is 9.10. The van der Waals surface area contributed by atoms with E-state index in [1.54, 1.807) is 24.3 Å². The largest absolute Gasteiger partial charge is 0.496 e. The summed E-state index contributed by atoms with van der Waals surface area (Å²) < 4.78 is 36.9. The van der Waals surface area contributed by atoms with Crippen molar-refractivity contribution in [1.29, 1.82) is 0 Å². The number of Topliss-reactive ketones (excluding diaryl/α,β-unsaturated/α-hetero) is 1. The fourth-order valence-electron chi connectivity index (χ4n) is 1.76. The van der Waals surface area contributed by atoms with Crippen LogP contribution in [0.25, 0.3) is 0 Å². The van der Waals surface area contributed by atoms with Crippen molar-refractivity contribution in [2.45, 2.75) is 0 Å². The molecule has 6 heteroatoms. The van der Waals surface area contributed by atoms with Crippen molar-refractivity contribution >= 4 is 21.7 Å². The molecule has 0 spiro atoms. The van der Waals surface area contributed by atoms with Crippen LogP contribution in [0.5, 0.6) is 11.5 Å². The first-order valence-electron chi connectivity index (χ1n) is 5.96. The number of halogens is 3. The molecule has 2 rings (SSSR count). The molecule has 0 fully saturated rings. The predicted molar refractivity (Wildman–Crippen MR) is 76.9 cm³/mol. The summed E-state index contributed by atoms with van der Waals surface area (Å²) in [6.07, 6.45) is 0. The molecule has 3 nitrogen and oxygen atoms in total. The maximum absolute atomic E-state index is 13.6. The molecule has 0 aliphatic rings. The number of ether oxygens (including phenoxy) is 2. The maximum Gasteiger partial charge on any atom is 0.203 e. The first kappa shape index (κ1) is 15.4. The van der Waals surface area contributed by atoms with Crippen LogP contribution >= 0.6 is 15.9 Å². The molecule has 0 atom stereocenters. The first-order chi connectivity index (χ1) is 10.0. The van der Waals surface area contributed by atoms with Crippen molar-refractivity contribution in [1.82, 2.24) is 0 Å². The van der Waals surface area contributed by atoms with Gasteiger partial charge in [-0.05, 0) is 34.1 Å². The van der Waals surface area contributed by atoms with Crippen LogP contribution in [-0.2, 0) is 0 Å². The van der Waals surface area contributed by atoms with Crippen LogP contribution in [0.15, 0.2) is 40.9 Å². The number of rotatable bonds is 5. The van der Waals surface area contributed by atoms with Gasteiger partial charge in [0.2, 0.25) is 5.78 Å². The van der Waals surface area contributed by atoms with Crippen LogP contribution in [0.4, 0.5) is 8.78 Å². The molecule has 0 aliphatic heterocycles. The third-order valence-electron chi connectivity index (χ3n) is 2.72. The molecular formula is C15H11BrF2O3. The van der Waals surface area contributed by atoms with Gasteiger partial charge in [0.25, 0.3) is 0 Å². The van der Waals surface area contributed by atoms with Gasteiger partial charge in [0.05, 0.1) is 17.1 Å². The van der Waals surface area contributed by atoms with Gasteiger partial charge >= 0.3 is 0 Å². The van der Waals surface area contributed by atoms with Crippen LogP contribution in [0.2, 0.25) is 0 Å². The van der Waals surface area contributed by atoms with Gasteiger partial charge < -0.3 is 9.47 Å². The standard InChI is InChI=1S/C15H11BrF2O3/c1-20-14-5-3-2-4-10(14)13(19)8-21-15-11(16)6-9(17)7-12(15)18/h2-7H,8H2,1H3. The van der Waals surface area contributed by atoms with E-state index < -0.39 is 11.6 Å². The Bertz CT molecular complexity index is 651. The van der Waals surface area contributed by atoms with Gasteiger partial charge in [0.15, 0.2) is 18.2 Å². The fourth-order valence-corrected chi connectivity index (χ4v) is 2.28. The van der Waals surface area contributed by atoms with Crippen molar-refractivity contribution in [2.75, 3.05) is 13.7 Å². The Kier molecular flexibility index (Phi) is 4.90. The molecule has 21 heavy (non-hydrogen) atoms. The Morgan fingerprint density at radius 3 is 2.62 bits per heavy atom. The van der Waals surface area contributed by atoms with E-state index in [4.69, 9.17) is 9.47 Å². The summed E-state index contributed by atoms with van der Waals surface area (Å²) in [6.45, 7) is -0.387. The molecule has 0 aromatic heterocycles. The van der Waals surface area contributed by atoms with Gasteiger partial charge in [-0.2, -0.15) is 0 Å². The molecule has 2 aromatic carbocycles. The van der Waals surface area contributed by atoms with Crippen LogP contribution in [0.3, 0.4) is 0 Å². The maximum atomic E-state index is 13.6. The summed E-state index contributed by atoms with van der Waals surface area (Å²) in [5, 5.41) is 0. The molecular weight excluding hydrogens is 346 g/mol. The molecule has 0 saturated carbocycles. The van der Waals surface area contributed by atoms with Crippen LogP contribution in [-0.4, -0.2) is 19.5 Å². The summed E-state index contributed by atoms with van der Waals surface area (Å²) in [4.78, 5) is 12.1. The molecule has 0 radical (unpaired) electrons. The van der Waals surface area contributed by atoms with Crippen molar-refractivity contribution in [2.24, 2.45) is 0 Å². The van der Waals surface area contributed by atoms with Crippen LogP contribution in [0, 0.1) is 11.6 Å². The number of para-hydroxylation sites is 1. The van der Waals surface area contributed by atoms with Gasteiger partial charge in [0, 0.05) is 6.07 Å². The molecule has 0 unspecified atom stereocenters. The smallest absolute Gasteiger partial charge is 0.203 e. The highest BCUT2D eigenvalue weighted by Gasteiger charge is 2.16. The highest BCUT2D eigenvalue weighted by Crippen LogP contribution is 2.29. The Hall–Kier alpha value is -1.95. The topological polar surface area (TPSA) is 35.5 Å². The van der Waals surface area contributed by atoms with E-state index in [0.29, 0.717) is 17.4 Å². The average Bonchev–Trinajstić information content (AvgIpc) is 2.45. The monoisotopic (exact) mass is 356 g/mol. The van der Waals surface area contributed by atoms with E-state index in [1.807, 2.05) is 0 Å². The minimum absolute atomic E-state index is 0.104. The second-order valence-electron chi connectivity index (χ2n) is 4.11. The van der Waals surface area contributed by atoms with Crippen LogP contribution < -0.4 is 9.47 Å². The van der Waals surface area contributed by atoms with Gasteiger partial charge in [-0.15, -0.1) is 0 Å². The third kappa shape index (κ3) is 3.58. The minimum atomic E-state index is -0.880. The molecule has 0 saturated heterocycles. The summed E-state index contributed by atoms with van der Waals surface area (Å²) in [7, 11) is 1.45. The zero-order chi connectivity index (χ0) is 15.4. The lowest BCUT2D eigenvalue weighted by atomic mass is 10.1. The number of benzene rings is 2. The lowest BCUT2D eigenvalue weighted by molar-refractivity contribution is 0.0915. The Balaban J connectivity index is 2.15. The Morgan fingerprint density at radius 1 is 1.24 bits per heavy atom. The van der Waals surface area contributed by atoms with Gasteiger partial charge in [-0.25, -0.2) is 8.78 Å². The molecule has 0 bridgehead atoms. The number of hydrogen-bond donors (Lipinski definition) is 0. The lowest BCUT2D eigenvalue weighted by Crippen LogP contribution is -2.13. The molecule has 110 valence electrons. The molecule has 0 amide bonds.